The smallest absolute Gasteiger partial charge is 0.341 e. The molecule has 3 aromatic rings. The minimum atomic E-state index is -3.90. The highest BCUT2D eigenvalue weighted by atomic mass is 79.9. The van der Waals surface area contributed by atoms with E-state index in [9.17, 15) is 27.9 Å². The van der Waals surface area contributed by atoms with Crippen LogP contribution in [0.1, 0.15) is 31.1 Å². The maximum absolute atomic E-state index is 12.1. The van der Waals surface area contributed by atoms with Gasteiger partial charge in [-0.15, -0.1) is 0 Å². The standard InChI is InChI=1S/C16H13NO5S.C8H7BrO3/c18-15-13-8-4-5-9-14(13)16(19)17(15)10-11-22-23(20,21)12-6-2-1-3-7-12;1-12-8(11)6-4-5(9)2-3-7(6)10/h1-9H,10-11H2;2-4,10H,1H3. The molecular weight excluding hydrogens is 542 g/mol. The Bertz CT molecular complexity index is 1320. The summed E-state index contributed by atoms with van der Waals surface area (Å²) in [4.78, 5) is 36.3. The molecule has 35 heavy (non-hydrogen) atoms. The van der Waals surface area contributed by atoms with Gasteiger partial charge in [0.2, 0.25) is 0 Å². The van der Waals surface area contributed by atoms with Crippen molar-refractivity contribution in [3.05, 3.63) is 94.0 Å². The molecule has 9 nitrogen and oxygen atoms in total. The maximum Gasteiger partial charge on any atom is 0.341 e. The first-order valence-electron chi connectivity index (χ1n) is 10.1. The number of amides is 2. The molecule has 0 saturated carbocycles. The summed E-state index contributed by atoms with van der Waals surface area (Å²) in [6.07, 6.45) is 0. The molecule has 1 heterocycles. The number of methoxy groups -OCH3 is 1. The predicted octanol–water partition coefficient (Wildman–Crippen LogP) is 3.63. The van der Waals surface area contributed by atoms with Gasteiger partial charge in [0, 0.05) is 4.47 Å². The lowest BCUT2D eigenvalue weighted by molar-refractivity contribution is 0.0594. The molecule has 1 aliphatic heterocycles. The van der Waals surface area contributed by atoms with Gasteiger partial charge in [0.1, 0.15) is 11.3 Å². The number of hydrogen-bond acceptors (Lipinski definition) is 8. The third-order valence-corrected chi connectivity index (χ3v) is 6.65. The molecule has 1 aliphatic rings. The number of hydrogen-bond donors (Lipinski definition) is 1. The summed E-state index contributed by atoms with van der Waals surface area (Å²) in [6.45, 7) is -0.416. The van der Waals surface area contributed by atoms with Crippen LogP contribution >= 0.6 is 15.9 Å². The van der Waals surface area contributed by atoms with E-state index < -0.39 is 27.9 Å². The summed E-state index contributed by atoms with van der Waals surface area (Å²) in [6, 6.07) is 18.7. The quantitative estimate of drug-likeness (QED) is 0.274. The fourth-order valence-corrected chi connectivity index (χ4v) is 4.40. The number of rotatable bonds is 6. The van der Waals surface area contributed by atoms with Crippen molar-refractivity contribution in [2.24, 2.45) is 0 Å². The zero-order valence-electron chi connectivity index (χ0n) is 18.4. The molecule has 0 fully saturated rings. The minimum absolute atomic E-state index is 0.0300. The normalized spacial score (nSPS) is 12.6. The van der Waals surface area contributed by atoms with Crippen LogP contribution in [0.5, 0.6) is 5.75 Å². The highest BCUT2D eigenvalue weighted by Gasteiger charge is 2.35. The van der Waals surface area contributed by atoms with Crippen LogP contribution in [0, 0.1) is 0 Å². The molecule has 0 saturated heterocycles. The van der Waals surface area contributed by atoms with Gasteiger partial charge < -0.3 is 9.84 Å². The van der Waals surface area contributed by atoms with Crippen LogP contribution in [0.3, 0.4) is 0 Å². The van der Waals surface area contributed by atoms with Crippen molar-refractivity contribution in [2.45, 2.75) is 4.90 Å². The van der Waals surface area contributed by atoms with Gasteiger partial charge in [0.15, 0.2) is 0 Å². The molecule has 4 rings (SSSR count). The summed E-state index contributed by atoms with van der Waals surface area (Å²) in [5, 5.41) is 9.21. The van der Waals surface area contributed by atoms with Crippen LogP contribution < -0.4 is 0 Å². The molecule has 0 radical (unpaired) electrons. The van der Waals surface area contributed by atoms with Crippen LogP contribution in [0.25, 0.3) is 0 Å². The van der Waals surface area contributed by atoms with Gasteiger partial charge in [-0.3, -0.25) is 18.7 Å². The van der Waals surface area contributed by atoms with E-state index in [4.69, 9.17) is 4.18 Å². The summed E-state index contributed by atoms with van der Waals surface area (Å²) in [5.74, 6) is -1.50. The highest BCUT2D eigenvalue weighted by molar-refractivity contribution is 9.10. The van der Waals surface area contributed by atoms with Gasteiger partial charge in [0.25, 0.3) is 21.9 Å². The van der Waals surface area contributed by atoms with Crippen molar-refractivity contribution in [3.8, 4) is 5.75 Å². The second-order valence-corrected chi connectivity index (χ2v) is 9.58. The van der Waals surface area contributed by atoms with Crippen LogP contribution in [0.2, 0.25) is 0 Å². The Balaban J connectivity index is 0.000000241. The number of esters is 1. The molecule has 1 N–H and O–H groups in total. The Hall–Kier alpha value is -3.54. The molecule has 2 amide bonds. The van der Waals surface area contributed by atoms with E-state index in [1.807, 2.05) is 0 Å². The predicted molar refractivity (Wildman–Crippen MR) is 129 cm³/mol. The average Bonchev–Trinajstić information content (AvgIpc) is 3.11. The number of fused-ring (bicyclic) bond motifs is 1. The number of benzene rings is 3. The van der Waals surface area contributed by atoms with Crippen LogP contribution in [0.15, 0.2) is 82.2 Å². The molecule has 0 atom stereocenters. The van der Waals surface area contributed by atoms with Gasteiger partial charge in [0.05, 0.1) is 36.3 Å². The lowest BCUT2D eigenvalue weighted by Crippen LogP contribution is -2.33. The van der Waals surface area contributed by atoms with Gasteiger partial charge in [-0.1, -0.05) is 46.3 Å². The van der Waals surface area contributed by atoms with Crippen LogP contribution in [-0.4, -0.2) is 56.5 Å². The van der Waals surface area contributed by atoms with Crippen molar-refractivity contribution in [1.29, 1.82) is 0 Å². The van der Waals surface area contributed by atoms with E-state index in [1.54, 1.807) is 48.5 Å². The number of aromatic hydroxyl groups is 1. The van der Waals surface area contributed by atoms with Gasteiger partial charge in [-0.25, -0.2) is 4.79 Å². The Labute approximate surface area is 210 Å². The number of ether oxygens (including phenoxy) is 1. The third-order valence-electron chi connectivity index (χ3n) is 4.83. The highest BCUT2D eigenvalue weighted by Crippen LogP contribution is 2.23. The number of carbonyl (C=O) groups is 3. The maximum atomic E-state index is 12.1. The van der Waals surface area contributed by atoms with E-state index in [2.05, 4.69) is 20.7 Å². The number of phenolic OH excluding ortho intramolecular Hbond substituents is 1. The Morgan fingerprint density at radius 2 is 1.51 bits per heavy atom. The van der Waals surface area contributed by atoms with Crippen molar-refractivity contribution < 1.29 is 36.8 Å². The third kappa shape index (κ3) is 6.13. The number of nitrogens with zero attached hydrogens (tertiary/aromatic N) is 1. The van der Waals surface area contributed by atoms with Crippen LogP contribution in [0.4, 0.5) is 0 Å². The number of carbonyl (C=O) groups excluding carboxylic acids is 3. The van der Waals surface area contributed by atoms with Crippen molar-refractivity contribution in [3.63, 3.8) is 0 Å². The molecule has 182 valence electrons. The first kappa shape index (κ1) is 26.1. The largest absolute Gasteiger partial charge is 0.507 e. The van der Waals surface area contributed by atoms with E-state index in [0.29, 0.717) is 11.1 Å². The second-order valence-electron chi connectivity index (χ2n) is 7.05. The summed E-state index contributed by atoms with van der Waals surface area (Å²) >= 11 is 3.17. The van der Waals surface area contributed by atoms with E-state index >= 15 is 0 Å². The Morgan fingerprint density at radius 1 is 0.943 bits per heavy atom. The number of phenols is 1. The first-order valence-corrected chi connectivity index (χ1v) is 12.3. The van der Waals surface area contributed by atoms with Gasteiger partial charge >= 0.3 is 5.97 Å². The Morgan fingerprint density at radius 3 is 2.09 bits per heavy atom. The molecule has 11 heteroatoms. The van der Waals surface area contributed by atoms with Crippen LogP contribution in [-0.2, 0) is 19.0 Å². The van der Waals surface area contributed by atoms with Gasteiger partial charge in [-0.05, 0) is 42.5 Å². The SMILES string of the molecule is COC(=O)c1cc(Br)ccc1O.O=C1c2ccccc2C(=O)N1CCOS(=O)(=O)c1ccccc1. The zero-order chi connectivity index (χ0) is 25.6. The molecule has 0 bridgehead atoms. The van der Waals surface area contributed by atoms with E-state index in [1.165, 1.54) is 31.4 Å². The fourth-order valence-electron chi connectivity index (χ4n) is 3.12. The molecule has 0 unspecified atom stereocenters. The van der Waals surface area contributed by atoms with Gasteiger partial charge in [-0.2, -0.15) is 8.42 Å². The second kappa shape index (κ2) is 11.3. The molecular formula is C24H20BrNO8S. The minimum Gasteiger partial charge on any atom is -0.507 e. The zero-order valence-corrected chi connectivity index (χ0v) is 20.8. The molecule has 0 aliphatic carbocycles. The monoisotopic (exact) mass is 561 g/mol. The van der Waals surface area contributed by atoms with E-state index in [0.717, 1.165) is 9.37 Å². The first-order chi connectivity index (χ1) is 16.7. The molecule has 3 aromatic carbocycles. The molecule has 0 spiro atoms. The summed E-state index contributed by atoms with van der Waals surface area (Å²) < 4.78 is 34.0. The Kier molecular flexibility index (Phi) is 8.39. The van der Waals surface area contributed by atoms with Crippen molar-refractivity contribution in [1.82, 2.24) is 4.90 Å². The summed E-state index contributed by atoms with van der Waals surface area (Å²) in [5.41, 5.74) is 0.804. The molecule has 0 aromatic heterocycles. The lowest BCUT2D eigenvalue weighted by Gasteiger charge is -2.13. The average molecular weight is 562 g/mol. The number of halogens is 1. The topological polar surface area (TPSA) is 127 Å². The number of imide groups is 1. The van der Waals surface area contributed by atoms with Crippen molar-refractivity contribution in [2.75, 3.05) is 20.3 Å². The van der Waals surface area contributed by atoms with Crippen molar-refractivity contribution >= 4 is 43.8 Å². The lowest BCUT2D eigenvalue weighted by atomic mass is 10.1. The summed E-state index contributed by atoms with van der Waals surface area (Å²) in [7, 11) is -2.64. The van der Waals surface area contributed by atoms with E-state index in [-0.39, 0.29) is 29.4 Å². The fraction of sp³-hybridized carbons (Fsp3) is 0.125.